The van der Waals surface area contributed by atoms with Crippen molar-refractivity contribution in [2.75, 3.05) is 45.2 Å². The first-order valence-corrected chi connectivity index (χ1v) is 11.0. The summed E-state index contributed by atoms with van der Waals surface area (Å²) in [7, 11) is 3.81. The van der Waals surface area contributed by atoms with Crippen LogP contribution in [0.2, 0.25) is 0 Å². The summed E-state index contributed by atoms with van der Waals surface area (Å²) in [5.41, 5.74) is 3.82. The molecule has 1 aliphatic rings. The number of benzene rings is 2. The van der Waals surface area contributed by atoms with Crippen LogP contribution in [0.25, 0.3) is 0 Å². The van der Waals surface area contributed by atoms with E-state index in [1.807, 2.05) is 32.8 Å². The van der Waals surface area contributed by atoms with Gasteiger partial charge in [0, 0.05) is 18.8 Å². The number of nitrogens with zero attached hydrogens (tertiary/aromatic N) is 2. The van der Waals surface area contributed by atoms with Crippen LogP contribution in [-0.4, -0.2) is 51.1 Å². The minimum atomic E-state index is 0.0213. The molecule has 0 aromatic heterocycles. The van der Waals surface area contributed by atoms with Crippen LogP contribution in [0, 0.1) is 0 Å². The molecular weight excluding hydrogens is 374 g/mol. The molecule has 30 heavy (non-hydrogen) atoms. The Bertz CT molecular complexity index is 794. The molecule has 0 radical (unpaired) electrons. The Kier molecular flexibility index (Phi) is 7.75. The first-order valence-electron chi connectivity index (χ1n) is 11.0. The zero-order chi connectivity index (χ0) is 21.5. The number of nitrogens with one attached hydrogen (secondary N) is 1. The van der Waals surface area contributed by atoms with Crippen LogP contribution in [-0.2, 0) is 4.79 Å². The van der Waals surface area contributed by atoms with E-state index in [1.54, 1.807) is 0 Å². The van der Waals surface area contributed by atoms with Crippen molar-refractivity contribution in [2.45, 2.75) is 38.6 Å². The highest BCUT2D eigenvalue weighted by molar-refractivity contribution is 5.78. The smallest absolute Gasteiger partial charge is 0.234 e. The lowest BCUT2D eigenvalue weighted by atomic mass is 9.88. The molecule has 0 spiro atoms. The number of carbonyl (C=O) groups excluding carboxylic acids is 1. The van der Waals surface area contributed by atoms with Crippen molar-refractivity contribution in [1.82, 2.24) is 10.2 Å². The number of likely N-dealkylation sites (N-methyl/N-ethyl adjacent to an activating group) is 1. The number of piperidine rings is 1. The Morgan fingerprint density at radius 1 is 1.10 bits per heavy atom. The molecule has 1 N–H and O–H groups in total. The molecule has 2 aromatic carbocycles. The molecule has 0 bridgehead atoms. The second-order valence-corrected chi connectivity index (χ2v) is 8.38. The first kappa shape index (κ1) is 22.2. The summed E-state index contributed by atoms with van der Waals surface area (Å²) in [6.07, 6.45) is 2.31. The van der Waals surface area contributed by atoms with Crippen molar-refractivity contribution in [2.24, 2.45) is 0 Å². The average Bonchev–Trinajstić information content (AvgIpc) is 2.74. The topological polar surface area (TPSA) is 44.8 Å². The summed E-state index contributed by atoms with van der Waals surface area (Å²) in [4.78, 5) is 16.3. The van der Waals surface area contributed by atoms with E-state index in [0.29, 0.717) is 19.1 Å². The molecule has 5 heteroatoms. The lowest BCUT2D eigenvalue weighted by Crippen LogP contribution is -2.34. The van der Waals surface area contributed by atoms with E-state index < -0.39 is 0 Å². The lowest BCUT2D eigenvalue weighted by molar-refractivity contribution is -0.122. The second kappa shape index (κ2) is 10.5. The van der Waals surface area contributed by atoms with Crippen LogP contribution in [0.3, 0.4) is 0 Å². The van der Waals surface area contributed by atoms with E-state index in [1.165, 1.54) is 11.3 Å². The highest BCUT2D eigenvalue weighted by Crippen LogP contribution is 2.31. The maximum atomic E-state index is 12.0. The third kappa shape index (κ3) is 5.99. The van der Waals surface area contributed by atoms with Crippen LogP contribution in [0.4, 0.5) is 5.69 Å². The molecule has 0 aliphatic carbocycles. The number of carbonyl (C=O) groups is 1. The van der Waals surface area contributed by atoms with Gasteiger partial charge in [0.25, 0.3) is 0 Å². The van der Waals surface area contributed by atoms with E-state index in [4.69, 9.17) is 4.74 Å². The highest BCUT2D eigenvalue weighted by Gasteiger charge is 2.21. The molecule has 0 saturated carbocycles. The molecule has 1 fully saturated rings. The predicted molar refractivity (Wildman–Crippen MR) is 123 cm³/mol. The fourth-order valence-corrected chi connectivity index (χ4v) is 4.11. The Labute approximate surface area is 181 Å². The SMILES string of the molecule is CCOc1ccc(N2CCC(c3ccc([C@H](C)NC(=O)CN(C)C)cc3)CC2)cc1. The number of ether oxygens (including phenoxy) is 1. The normalized spacial score (nSPS) is 15.8. The van der Waals surface area contributed by atoms with Gasteiger partial charge < -0.3 is 19.9 Å². The molecule has 3 rings (SSSR count). The van der Waals surface area contributed by atoms with E-state index in [9.17, 15) is 4.79 Å². The van der Waals surface area contributed by atoms with Gasteiger partial charge >= 0.3 is 0 Å². The molecule has 1 amide bonds. The number of rotatable bonds is 8. The van der Waals surface area contributed by atoms with Gasteiger partial charge in [-0.15, -0.1) is 0 Å². The standard InChI is InChI=1S/C25H35N3O2/c1-5-30-24-12-10-23(11-13-24)28-16-14-22(15-17-28)21-8-6-20(7-9-21)19(2)26-25(29)18-27(3)4/h6-13,19,22H,5,14-18H2,1-4H3,(H,26,29)/t19-/m0/s1. The van der Waals surface area contributed by atoms with Gasteiger partial charge in [-0.05, 0) is 82.1 Å². The van der Waals surface area contributed by atoms with E-state index in [-0.39, 0.29) is 11.9 Å². The summed E-state index contributed by atoms with van der Waals surface area (Å²) >= 11 is 0. The Morgan fingerprint density at radius 2 is 1.73 bits per heavy atom. The van der Waals surface area contributed by atoms with Gasteiger partial charge in [-0.2, -0.15) is 0 Å². The van der Waals surface area contributed by atoms with Gasteiger partial charge in [0.05, 0.1) is 19.2 Å². The van der Waals surface area contributed by atoms with E-state index >= 15 is 0 Å². The van der Waals surface area contributed by atoms with Crippen LogP contribution >= 0.6 is 0 Å². The second-order valence-electron chi connectivity index (χ2n) is 8.38. The van der Waals surface area contributed by atoms with E-state index in [0.717, 1.165) is 37.2 Å². The van der Waals surface area contributed by atoms with Crippen LogP contribution in [0.5, 0.6) is 5.75 Å². The summed E-state index contributed by atoms with van der Waals surface area (Å²) in [5, 5.41) is 3.07. The number of hydrogen-bond acceptors (Lipinski definition) is 4. The van der Waals surface area contributed by atoms with Gasteiger partial charge in [0.2, 0.25) is 5.91 Å². The molecule has 2 aromatic rings. The van der Waals surface area contributed by atoms with Crippen molar-refractivity contribution in [3.8, 4) is 5.75 Å². The molecule has 162 valence electrons. The number of amides is 1. The van der Waals surface area contributed by atoms with Gasteiger partial charge in [0.1, 0.15) is 5.75 Å². The molecule has 0 unspecified atom stereocenters. The summed E-state index contributed by atoms with van der Waals surface area (Å²) in [6, 6.07) is 17.3. The molecule has 1 heterocycles. The first-order chi connectivity index (χ1) is 14.5. The molecule has 1 atom stereocenters. The van der Waals surface area contributed by atoms with Crippen molar-refractivity contribution >= 4 is 11.6 Å². The summed E-state index contributed by atoms with van der Waals surface area (Å²) in [5.74, 6) is 1.58. The molecule has 5 nitrogen and oxygen atoms in total. The third-order valence-corrected chi connectivity index (χ3v) is 5.75. The van der Waals surface area contributed by atoms with Crippen molar-refractivity contribution in [1.29, 1.82) is 0 Å². The van der Waals surface area contributed by atoms with Crippen LogP contribution in [0.1, 0.15) is 49.8 Å². The minimum Gasteiger partial charge on any atom is -0.494 e. The zero-order valence-electron chi connectivity index (χ0n) is 18.7. The highest BCUT2D eigenvalue weighted by atomic mass is 16.5. The maximum absolute atomic E-state index is 12.0. The fourth-order valence-electron chi connectivity index (χ4n) is 4.11. The third-order valence-electron chi connectivity index (χ3n) is 5.75. The largest absolute Gasteiger partial charge is 0.494 e. The maximum Gasteiger partial charge on any atom is 0.234 e. The Morgan fingerprint density at radius 3 is 2.30 bits per heavy atom. The Balaban J connectivity index is 1.52. The van der Waals surface area contributed by atoms with E-state index in [2.05, 4.69) is 58.7 Å². The number of hydrogen-bond donors (Lipinski definition) is 1. The van der Waals surface area contributed by atoms with Gasteiger partial charge in [-0.3, -0.25) is 4.79 Å². The van der Waals surface area contributed by atoms with Gasteiger partial charge in [-0.25, -0.2) is 0 Å². The minimum absolute atomic E-state index is 0.0213. The zero-order valence-corrected chi connectivity index (χ0v) is 18.7. The van der Waals surface area contributed by atoms with Gasteiger partial charge in [0.15, 0.2) is 0 Å². The molecule has 1 aliphatic heterocycles. The summed E-state index contributed by atoms with van der Waals surface area (Å²) in [6.45, 7) is 7.29. The average molecular weight is 410 g/mol. The molecular formula is C25H35N3O2. The van der Waals surface area contributed by atoms with Crippen LogP contribution in [0.15, 0.2) is 48.5 Å². The van der Waals surface area contributed by atoms with Crippen molar-refractivity contribution in [3.05, 3.63) is 59.7 Å². The monoisotopic (exact) mass is 409 g/mol. The lowest BCUT2D eigenvalue weighted by Gasteiger charge is -2.34. The molecule has 1 saturated heterocycles. The van der Waals surface area contributed by atoms with Crippen molar-refractivity contribution < 1.29 is 9.53 Å². The van der Waals surface area contributed by atoms with Crippen molar-refractivity contribution in [3.63, 3.8) is 0 Å². The summed E-state index contributed by atoms with van der Waals surface area (Å²) < 4.78 is 5.54. The van der Waals surface area contributed by atoms with Gasteiger partial charge in [-0.1, -0.05) is 24.3 Å². The van der Waals surface area contributed by atoms with Crippen LogP contribution < -0.4 is 15.0 Å². The number of anilines is 1. The predicted octanol–water partition coefficient (Wildman–Crippen LogP) is 4.21. The Hall–Kier alpha value is -2.53. The quantitative estimate of drug-likeness (QED) is 0.709. The fraction of sp³-hybridized carbons (Fsp3) is 0.480.